The van der Waals surface area contributed by atoms with Crippen LogP contribution in [-0.2, 0) is 0 Å². The van der Waals surface area contributed by atoms with Crippen LogP contribution < -0.4 is 5.73 Å². The van der Waals surface area contributed by atoms with Crippen molar-refractivity contribution in [2.24, 2.45) is 17.1 Å². The lowest BCUT2D eigenvalue weighted by molar-refractivity contribution is 0.0524. The standard InChI is InChI=1S/C10H21NO/c1-10(2)5-3-4-8(6-10)9(12)7-11/h8-9,12H,3-7,11H2,1-2H3/t8?,9-/m1/s1. The minimum Gasteiger partial charge on any atom is -0.392 e. The van der Waals surface area contributed by atoms with Gasteiger partial charge in [-0.1, -0.05) is 20.3 Å². The predicted molar refractivity (Wildman–Crippen MR) is 50.8 cm³/mol. The average molecular weight is 171 g/mol. The van der Waals surface area contributed by atoms with Gasteiger partial charge in [0.1, 0.15) is 0 Å². The highest BCUT2D eigenvalue weighted by atomic mass is 16.3. The van der Waals surface area contributed by atoms with Crippen molar-refractivity contribution >= 4 is 0 Å². The normalized spacial score (nSPS) is 31.5. The summed E-state index contributed by atoms with van der Waals surface area (Å²) in [6.07, 6.45) is 4.55. The van der Waals surface area contributed by atoms with Crippen molar-refractivity contribution in [2.45, 2.75) is 45.6 Å². The molecule has 2 atom stereocenters. The minimum absolute atomic E-state index is 0.274. The Morgan fingerprint density at radius 3 is 2.75 bits per heavy atom. The highest BCUT2D eigenvalue weighted by molar-refractivity contribution is 4.83. The molecule has 3 N–H and O–H groups in total. The molecule has 1 aliphatic carbocycles. The SMILES string of the molecule is CC1(C)CCCC([C@H](O)CN)C1. The van der Waals surface area contributed by atoms with Gasteiger partial charge in [0.2, 0.25) is 0 Å². The van der Waals surface area contributed by atoms with E-state index in [1.807, 2.05) is 0 Å². The van der Waals surface area contributed by atoms with Crippen molar-refractivity contribution in [1.82, 2.24) is 0 Å². The molecule has 0 amide bonds. The molecule has 0 radical (unpaired) electrons. The van der Waals surface area contributed by atoms with Crippen LogP contribution in [0.1, 0.15) is 39.5 Å². The molecule has 1 fully saturated rings. The Labute approximate surface area is 75.2 Å². The summed E-state index contributed by atoms with van der Waals surface area (Å²) < 4.78 is 0. The van der Waals surface area contributed by atoms with Crippen LogP contribution in [0.2, 0.25) is 0 Å². The van der Waals surface area contributed by atoms with Crippen LogP contribution in [-0.4, -0.2) is 17.8 Å². The highest BCUT2D eigenvalue weighted by Gasteiger charge is 2.31. The lowest BCUT2D eigenvalue weighted by Gasteiger charge is -2.37. The maximum absolute atomic E-state index is 9.59. The summed E-state index contributed by atoms with van der Waals surface area (Å²) in [5, 5.41) is 9.59. The maximum atomic E-state index is 9.59. The van der Waals surface area contributed by atoms with Gasteiger partial charge in [0.05, 0.1) is 6.10 Å². The molecule has 12 heavy (non-hydrogen) atoms. The zero-order valence-electron chi connectivity index (χ0n) is 8.21. The third-order valence-electron chi connectivity index (χ3n) is 3.03. The zero-order valence-corrected chi connectivity index (χ0v) is 8.21. The maximum Gasteiger partial charge on any atom is 0.0690 e. The zero-order chi connectivity index (χ0) is 9.19. The Morgan fingerprint density at radius 1 is 1.58 bits per heavy atom. The van der Waals surface area contributed by atoms with Crippen LogP contribution in [0.15, 0.2) is 0 Å². The fourth-order valence-electron chi connectivity index (χ4n) is 2.28. The molecule has 0 heterocycles. The van der Waals surface area contributed by atoms with Crippen LogP contribution in [0.5, 0.6) is 0 Å². The highest BCUT2D eigenvalue weighted by Crippen LogP contribution is 2.39. The quantitative estimate of drug-likeness (QED) is 0.661. The predicted octanol–water partition coefficient (Wildman–Crippen LogP) is 1.52. The molecular formula is C10H21NO. The molecule has 1 rings (SSSR count). The van der Waals surface area contributed by atoms with Crippen LogP contribution in [0.3, 0.4) is 0 Å². The second-order valence-corrected chi connectivity index (χ2v) is 4.82. The molecule has 0 aromatic rings. The smallest absolute Gasteiger partial charge is 0.0690 e. The molecule has 2 nitrogen and oxygen atoms in total. The topological polar surface area (TPSA) is 46.2 Å². The van der Waals surface area contributed by atoms with Crippen molar-refractivity contribution < 1.29 is 5.11 Å². The summed E-state index contributed by atoms with van der Waals surface area (Å²) in [6, 6.07) is 0. The Hall–Kier alpha value is -0.0800. The van der Waals surface area contributed by atoms with Gasteiger partial charge in [-0.15, -0.1) is 0 Å². The Kier molecular flexibility index (Phi) is 3.13. The van der Waals surface area contributed by atoms with Gasteiger partial charge in [0.15, 0.2) is 0 Å². The van der Waals surface area contributed by atoms with Gasteiger partial charge in [0, 0.05) is 6.54 Å². The second kappa shape index (κ2) is 3.75. The summed E-state index contributed by atoms with van der Waals surface area (Å²) in [7, 11) is 0. The first-order chi connectivity index (χ1) is 5.55. The van der Waals surface area contributed by atoms with E-state index in [2.05, 4.69) is 13.8 Å². The van der Waals surface area contributed by atoms with Crippen molar-refractivity contribution in [1.29, 1.82) is 0 Å². The van der Waals surface area contributed by atoms with E-state index in [1.165, 1.54) is 12.8 Å². The second-order valence-electron chi connectivity index (χ2n) is 4.82. The third-order valence-corrected chi connectivity index (χ3v) is 3.03. The van der Waals surface area contributed by atoms with Crippen molar-refractivity contribution in [3.05, 3.63) is 0 Å². The van der Waals surface area contributed by atoms with E-state index in [0.29, 0.717) is 17.9 Å². The number of nitrogens with two attached hydrogens (primary N) is 1. The molecule has 1 unspecified atom stereocenters. The van der Waals surface area contributed by atoms with Crippen molar-refractivity contribution in [3.63, 3.8) is 0 Å². The number of hydrogen-bond acceptors (Lipinski definition) is 2. The molecule has 0 bridgehead atoms. The Morgan fingerprint density at radius 2 is 2.25 bits per heavy atom. The third kappa shape index (κ3) is 2.46. The van der Waals surface area contributed by atoms with E-state index in [1.54, 1.807) is 0 Å². The fraction of sp³-hybridized carbons (Fsp3) is 1.00. The molecule has 0 saturated heterocycles. The summed E-state index contributed by atoms with van der Waals surface area (Å²) in [6.45, 7) is 4.98. The van der Waals surface area contributed by atoms with E-state index >= 15 is 0 Å². The molecule has 0 aromatic carbocycles. The summed E-state index contributed by atoms with van der Waals surface area (Å²) in [4.78, 5) is 0. The lowest BCUT2D eigenvalue weighted by atomic mass is 9.70. The number of aliphatic hydroxyl groups excluding tert-OH is 1. The lowest BCUT2D eigenvalue weighted by Crippen LogP contribution is -2.35. The van der Waals surface area contributed by atoms with Gasteiger partial charge in [-0.2, -0.15) is 0 Å². The molecule has 0 aliphatic heterocycles. The van der Waals surface area contributed by atoms with Crippen LogP contribution in [0.25, 0.3) is 0 Å². The molecule has 72 valence electrons. The van der Waals surface area contributed by atoms with E-state index in [0.717, 1.165) is 12.8 Å². The van der Waals surface area contributed by atoms with Gasteiger partial charge in [0.25, 0.3) is 0 Å². The van der Waals surface area contributed by atoms with Crippen molar-refractivity contribution in [2.75, 3.05) is 6.54 Å². The number of aliphatic hydroxyl groups is 1. The van der Waals surface area contributed by atoms with Crippen molar-refractivity contribution in [3.8, 4) is 0 Å². The van der Waals surface area contributed by atoms with Crippen LogP contribution >= 0.6 is 0 Å². The Balaban J connectivity index is 2.46. The van der Waals surface area contributed by atoms with E-state index in [-0.39, 0.29) is 6.10 Å². The molecule has 1 aliphatic rings. The van der Waals surface area contributed by atoms with Crippen LogP contribution in [0, 0.1) is 11.3 Å². The van der Waals surface area contributed by atoms with E-state index in [4.69, 9.17) is 5.73 Å². The molecule has 2 heteroatoms. The summed E-state index contributed by atoms with van der Waals surface area (Å²) in [5.74, 6) is 0.443. The van der Waals surface area contributed by atoms with Gasteiger partial charge >= 0.3 is 0 Å². The number of hydrogen-bond donors (Lipinski definition) is 2. The van der Waals surface area contributed by atoms with Gasteiger partial charge in [-0.05, 0) is 30.6 Å². The molecular weight excluding hydrogens is 150 g/mol. The summed E-state index contributed by atoms with van der Waals surface area (Å²) >= 11 is 0. The Bertz CT molecular complexity index is 145. The van der Waals surface area contributed by atoms with E-state index in [9.17, 15) is 5.11 Å². The number of rotatable bonds is 2. The van der Waals surface area contributed by atoms with Crippen LogP contribution in [0.4, 0.5) is 0 Å². The first-order valence-electron chi connectivity index (χ1n) is 4.93. The molecule has 0 aromatic heterocycles. The first-order valence-corrected chi connectivity index (χ1v) is 4.93. The van der Waals surface area contributed by atoms with Gasteiger partial charge < -0.3 is 10.8 Å². The fourth-order valence-corrected chi connectivity index (χ4v) is 2.28. The molecule has 0 spiro atoms. The summed E-state index contributed by atoms with van der Waals surface area (Å²) in [5.41, 5.74) is 5.86. The van der Waals surface area contributed by atoms with Gasteiger partial charge in [-0.25, -0.2) is 0 Å². The monoisotopic (exact) mass is 171 g/mol. The largest absolute Gasteiger partial charge is 0.392 e. The molecule has 1 saturated carbocycles. The first kappa shape index (κ1) is 10.0. The average Bonchev–Trinajstić information content (AvgIpc) is 2.01. The van der Waals surface area contributed by atoms with E-state index < -0.39 is 0 Å². The van der Waals surface area contributed by atoms with Gasteiger partial charge in [-0.3, -0.25) is 0 Å². The minimum atomic E-state index is -0.274.